The third-order valence-corrected chi connectivity index (χ3v) is 5.70. The lowest BCUT2D eigenvalue weighted by atomic mass is 9.79. The van der Waals surface area contributed by atoms with Crippen LogP contribution in [0.4, 0.5) is 0 Å². The first-order valence-electron chi connectivity index (χ1n) is 8.36. The van der Waals surface area contributed by atoms with Gasteiger partial charge in [0.15, 0.2) is 0 Å². The quantitative estimate of drug-likeness (QED) is 0.866. The first-order valence-corrected chi connectivity index (χ1v) is 8.36. The molecule has 2 amide bonds. The predicted molar refractivity (Wildman–Crippen MR) is 83.8 cm³/mol. The second kappa shape index (κ2) is 5.62. The molecule has 1 aliphatic carbocycles. The molecule has 1 heterocycles. The Labute approximate surface area is 128 Å². The van der Waals surface area contributed by atoms with Crippen LogP contribution in [0.3, 0.4) is 0 Å². The maximum Gasteiger partial charge on any atom is 0.249 e. The van der Waals surface area contributed by atoms with E-state index in [1.54, 1.807) is 0 Å². The van der Waals surface area contributed by atoms with E-state index in [1.165, 1.54) is 0 Å². The van der Waals surface area contributed by atoms with Crippen LogP contribution in [-0.4, -0.2) is 34.8 Å². The summed E-state index contributed by atoms with van der Waals surface area (Å²) in [5, 5.41) is 3.06. The van der Waals surface area contributed by atoms with Crippen LogP contribution in [0.15, 0.2) is 0 Å². The highest BCUT2D eigenvalue weighted by molar-refractivity contribution is 6.00. The van der Waals surface area contributed by atoms with Crippen molar-refractivity contribution in [3.63, 3.8) is 0 Å². The van der Waals surface area contributed by atoms with Gasteiger partial charge in [0.05, 0.1) is 0 Å². The second-order valence-corrected chi connectivity index (χ2v) is 7.78. The molecule has 21 heavy (non-hydrogen) atoms. The third kappa shape index (κ3) is 2.82. The fourth-order valence-electron chi connectivity index (χ4n) is 3.46. The number of hydrogen-bond donors (Lipinski definition) is 1. The monoisotopic (exact) mass is 294 g/mol. The highest BCUT2D eigenvalue weighted by Crippen LogP contribution is 2.37. The van der Waals surface area contributed by atoms with Gasteiger partial charge in [-0.2, -0.15) is 0 Å². The Bertz CT molecular complexity index is 423. The van der Waals surface area contributed by atoms with E-state index in [1.807, 2.05) is 11.8 Å². The molecule has 1 saturated carbocycles. The van der Waals surface area contributed by atoms with Crippen LogP contribution in [-0.2, 0) is 9.59 Å². The van der Waals surface area contributed by atoms with E-state index in [4.69, 9.17) is 0 Å². The summed E-state index contributed by atoms with van der Waals surface area (Å²) in [7, 11) is 0. The molecule has 2 fully saturated rings. The fraction of sp³-hybridized carbons (Fsp3) is 0.882. The van der Waals surface area contributed by atoms with Crippen LogP contribution in [0.2, 0.25) is 0 Å². The van der Waals surface area contributed by atoms with E-state index in [9.17, 15) is 9.59 Å². The standard InChI is InChI=1S/C17H30N2O2/c1-6-13-14(20)18-17(9-7-8-10-17)15(21)19(13)11-16(4,5)12(2)3/h12-13H,6-11H2,1-5H3,(H,18,20). The number of hydrogen-bond acceptors (Lipinski definition) is 2. The summed E-state index contributed by atoms with van der Waals surface area (Å²) in [5.41, 5.74) is -0.587. The van der Waals surface area contributed by atoms with Gasteiger partial charge in [-0.05, 0) is 30.6 Å². The largest absolute Gasteiger partial charge is 0.340 e. The molecule has 2 rings (SSSR count). The summed E-state index contributed by atoms with van der Waals surface area (Å²) in [4.78, 5) is 27.4. The van der Waals surface area contributed by atoms with Crippen LogP contribution >= 0.6 is 0 Å². The van der Waals surface area contributed by atoms with Crippen LogP contribution in [0.25, 0.3) is 0 Å². The minimum absolute atomic E-state index is 0.0144. The van der Waals surface area contributed by atoms with Gasteiger partial charge in [0.1, 0.15) is 11.6 Å². The zero-order chi connectivity index (χ0) is 15.8. The number of carbonyl (C=O) groups is 2. The topological polar surface area (TPSA) is 49.4 Å². The van der Waals surface area contributed by atoms with Crippen molar-refractivity contribution in [2.75, 3.05) is 6.54 Å². The van der Waals surface area contributed by atoms with Crippen molar-refractivity contribution in [1.82, 2.24) is 10.2 Å². The summed E-state index contributed by atoms with van der Waals surface area (Å²) in [6, 6.07) is -0.304. The summed E-state index contributed by atoms with van der Waals surface area (Å²) in [6.45, 7) is 11.4. The number of amides is 2. The maximum absolute atomic E-state index is 13.1. The van der Waals surface area contributed by atoms with Crippen LogP contribution < -0.4 is 5.32 Å². The highest BCUT2D eigenvalue weighted by Gasteiger charge is 2.52. The molecule has 1 aliphatic heterocycles. The first kappa shape index (κ1) is 16.3. The zero-order valence-corrected chi connectivity index (χ0v) is 14.2. The fourth-order valence-corrected chi connectivity index (χ4v) is 3.46. The van der Waals surface area contributed by atoms with Crippen LogP contribution in [0, 0.1) is 11.3 Å². The molecular formula is C17H30N2O2. The van der Waals surface area contributed by atoms with Crippen molar-refractivity contribution in [1.29, 1.82) is 0 Å². The lowest BCUT2D eigenvalue weighted by Crippen LogP contribution is -2.70. The molecule has 1 unspecified atom stereocenters. The van der Waals surface area contributed by atoms with Crippen LogP contribution in [0.5, 0.6) is 0 Å². The molecule has 4 heteroatoms. The van der Waals surface area contributed by atoms with Gasteiger partial charge in [-0.25, -0.2) is 0 Å². The van der Waals surface area contributed by atoms with Crippen molar-refractivity contribution in [3.8, 4) is 0 Å². The summed E-state index contributed by atoms with van der Waals surface area (Å²) < 4.78 is 0. The zero-order valence-electron chi connectivity index (χ0n) is 14.2. The Hall–Kier alpha value is -1.06. The third-order valence-electron chi connectivity index (χ3n) is 5.70. The summed E-state index contributed by atoms with van der Waals surface area (Å²) in [5.74, 6) is 0.658. The molecule has 4 nitrogen and oxygen atoms in total. The number of rotatable bonds is 4. The molecule has 120 valence electrons. The van der Waals surface area contributed by atoms with Gasteiger partial charge in [0, 0.05) is 6.54 Å². The number of piperazine rings is 1. The van der Waals surface area contributed by atoms with Gasteiger partial charge in [-0.3, -0.25) is 9.59 Å². The smallest absolute Gasteiger partial charge is 0.249 e. The Kier molecular flexibility index (Phi) is 4.36. The Balaban J connectivity index is 2.29. The Morgan fingerprint density at radius 2 is 1.86 bits per heavy atom. The van der Waals surface area contributed by atoms with Gasteiger partial charge in [-0.1, -0.05) is 47.5 Å². The average molecular weight is 294 g/mol. The number of carbonyl (C=O) groups excluding carboxylic acids is 2. The van der Waals surface area contributed by atoms with E-state index in [-0.39, 0.29) is 23.3 Å². The van der Waals surface area contributed by atoms with Crippen molar-refractivity contribution in [2.45, 2.75) is 78.3 Å². The molecule has 0 aromatic carbocycles. The van der Waals surface area contributed by atoms with E-state index >= 15 is 0 Å². The number of nitrogens with one attached hydrogen (secondary N) is 1. The molecule has 2 aliphatic rings. The van der Waals surface area contributed by atoms with Crippen molar-refractivity contribution in [2.24, 2.45) is 11.3 Å². The molecule has 0 bridgehead atoms. The minimum Gasteiger partial charge on any atom is -0.340 e. The Morgan fingerprint density at radius 1 is 1.29 bits per heavy atom. The summed E-state index contributed by atoms with van der Waals surface area (Å²) in [6.07, 6.45) is 4.34. The predicted octanol–water partition coefficient (Wildman–Crippen LogP) is 2.72. The first-order chi connectivity index (χ1) is 9.73. The van der Waals surface area contributed by atoms with E-state index in [0.29, 0.717) is 18.9 Å². The lowest BCUT2D eigenvalue weighted by molar-refractivity contribution is -0.157. The van der Waals surface area contributed by atoms with Gasteiger partial charge in [-0.15, -0.1) is 0 Å². The molecule has 1 spiro atoms. The Morgan fingerprint density at radius 3 is 2.33 bits per heavy atom. The highest BCUT2D eigenvalue weighted by atomic mass is 16.2. The molecule has 0 aromatic rings. The minimum atomic E-state index is -0.601. The SMILES string of the molecule is CCC1C(=O)NC2(CCCC2)C(=O)N1CC(C)(C)C(C)C. The van der Waals surface area contributed by atoms with Gasteiger partial charge < -0.3 is 10.2 Å². The molecule has 1 atom stereocenters. The summed E-state index contributed by atoms with van der Waals surface area (Å²) >= 11 is 0. The lowest BCUT2D eigenvalue weighted by Gasteiger charge is -2.47. The van der Waals surface area contributed by atoms with Gasteiger partial charge >= 0.3 is 0 Å². The van der Waals surface area contributed by atoms with Gasteiger partial charge in [0.25, 0.3) is 0 Å². The molecular weight excluding hydrogens is 264 g/mol. The molecule has 1 saturated heterocycles. The van der Waals surface area contributed by atoms with E-state index in [2.05, 4.69) is 33.0 Å². The molecule has 0 aromatic heterocycles. The van der Waals surface area contributed by atoms with E-state index < -0.39 is 5.54 Å². The molecule has 0 radical (unpaired) electrons. The molecule has 1 N–H and O–H groups in total. The van der Waals surface area contributed by atoms with Crippen LogP contribution in [0.1, 0.15) is 66.7 Å². The van der Waals surface area contributed by atoms with Crippen molar-refractivity contribution >= 4 is 11.8 Å². The normalized spacial score (nSPS) is 25.8. The number of nitrogens with zero attached hydrogens (tertiary/aromatic N) is 1. The average Bonchev–Trinajstić information content (AvgIpc) is 2.85. The van der Waals surface area contributed by atoms with E-state index in [0.717, 1.165) is 25.7 Å². The second-order valence-electron chi connectivity index (χ2n) is 7.78. The van der Waals surface area contributed by atoms with Crippen molar-refractivity contribution in [3.05, 3.63) is 0 Å². The maximum atomic E-state index is 13.1. The van der Waals surface area contributed by atoms with Crippen molar-refractivity contribution < 1.29 is 9.59 Å². The van der Waals surface area contributed by atoms with Gasteiger partial charge in [0.2, 0.25) is 11.8 Å².